The van der Waals surface area contributed by atoms with E-state index in [1.807, 2.05) is 0 Å². The molecule has 11 nitrogen and oxygen atoms in total. The van der Waals surface area contributed by atoms with Crippen LogP contribution in [0.15, 0.2) is 18.6 Å². The van der Waals surface area contributed by atoms with Crippen molar-refractivity contribution in [1.29, 1.82) is 0 Å². The fraction of sp³-hybridized carbons (Fsp3) is 0.600. The number of hydrogen-bond donors (Lipinski definition) is 5. The summed E-state index contributed by atoms with van der Waals surface area (Å²) in [4.78, 5) is 13.9. The van der Waals surface area contributed by atoms with Crippen LogP contribution in [0.2, 0.25) is 0 Å². The Morgan fingerprint density at radius 2 is 2.10 bits per heavy atom. The molecule has 3 aromatic heterocycles. The van der Waals surface area contributed by atoms with Crippen molar-refractivity contribution >= 4 is 17.0 Å². The second-order valence-electron chi connectivity index (χ2n) is 8.84. The van der Waals surface area contributed by atoms with E-state index >= 15 is 0 Å². The van der Waals surface area contributed by atoms with Gasteiger partial charge in [-0.25, -0.2) is 15.0 Å². The first-order valence-electron chi connectivity index (χ1n) is 10.8. The number of aliphatic hydroxyl groups is 3. The number of nitrogens with zero attached hydrogens (tertiary/aromatic N) is 5. The maximum absolute atomic E-state index is 10.5. The largest absolute Gasteiger partial charge is 0.394 e. The summed E-state index contributed by atoms with van der Waals surface area (Å²) < 4.78 is 7.29. The van der Waals surface area contributed by atoms with Gasteiger partial charge in [-0.3, -0.25) is 9.67 Å². The van der Waals surface area contributed by atoms with E-state index in [0.717, 1.165) is 12.3 Å². The molecule has 0 spiro atoms. The lowest BCUT2D eigenvalue weighted by Gasteiger charge is -2.23. The summed E-state index contributed by atoms with van der Waals surface area (Å²) in [6.07, 6.45) is 3.88. The minimum Gasteiger partial charge on any atom is -0.394 e. The van der Waals surface area contributed by atoms with Crippen molar-refractivity contribution in [2.75, 3.05) is 11.9 Å². The number of aromatic amines is 1. The summed E-state index contributed by atoms with van der Waals surface area (Å²) >= 11 is 0. The molecule has 2 saturated carbocycles. The highest BCUT2D eigenvalue weighted by molar-refractivity contribution is 5.85. The van der Waals surface area contributed by atoms with E-state index in [1.54, 1.807) is 16.8 Å². The zero-order chi connectivity index (χ0) is 21.1. The SMILES string of the molecule is OC[C@H]1OC(n2cnc3c(NC4CC5CCC4C5)nc(-c4ccn[nH]4)nc32)[C@H](O)[C@@H]1O. The second-order valence-corrected chi connectivity index (χ2v) is 8.84. The molecule has 3 fully saturated rings. The fourth-order valence-corrected chi connectivity index (χ4v) is 5.41. The van der Waals surface area contributed by atoms with Crippen LogP contribution in [0.25, 0.3) is 22.7 Å². The Labute approximate surface area is 177 Å². The van der Waals surface area contributed by atoms with E-state index in [-0.39, 0.29) is 0 Å². The maximum atomic E-state index is 10.5. The Kier molecular flexibility index (Phi) is 4.46. The van der Waals surface area contributed by atoms with Gasteiger partial charge in [0.1, 0.15) is 24.0 Å². The van der Waals surface area contributed by atoms with Gasteiger partial charge in [0.15, 0.2) is 29.0 Å². The van der Waals surface area contributed by atoms with Gasteiger partial charge in [0.05, 0.1) is 12.9 Å². The highest BCUT2D eigenvalue weighted by Crippen LogP contribution is 2.46. The van der Waals surface area contributed by atoms with Crippen molar-refractivity contribution in [1.82, 2.24) is 29.7 Å². The van der Waals surface area contributed by atoms with Crippen LogP contribution in [-0.4, -0.2) is 76.0 Å². The van der Waals surface area contributed by atoms with Gasteiger partial charge < -0.3 is 25.4 Å². The summed E-state index contributed by atoms with van der Waals surface area (Å²) in [6, 6.07) is 2.14. The Hall–Kier alpha value is -2.60. The lowest BCUT2D eigenvalue weighted by molar-refractivity contribution is -0.0511. The third-order valence-electron chi connectivity index (χ3n) is 7.01. The Morgan fingerprint density at radius 3 is 2.77 bits per heavy atom. The second kappa shape index (κ2) is 7.23. The van der Waals surface area contributed by atoms with Gasteiger partial charge >= 0.3 is 0 Å². The predicted molar refractivity (Wildman–Crippen MR) is 109 cm³/mol. The molecule has 7 atom stereocenters. The number of nitrogens with one attached hydrogen (secondary N) is 2. The zero-order valence-corrected chi connectivity index (χ0v) is 16.8. The Bertz CT molecular complexity index is 1090. The number of ether oxygens (including phenoxy) is 1. The molecular weight excluding hydrogens is 402 g/mol. The average Bonchev–Trinajstić information content (AvgIpc) is 3.59. The highest BCUT2D eigenvalue weighted by atomic mass is 16.6. The van der Waals surface area contributed by atoms with Crippen molar-refractivity contribution in [2.24, 2.45) is 11.8 Å². The molecular formula is C20H25N7O4. The number of aliphatic hydroxyl groups excluding tert-OH is 3. The number of imidazole rings is 1. The first-order valence-corrected chi connectivity index (χ1v) is 10.8. The molecule has 2 aliphatic carbocycles. The molecule has 3 aliphatic rings. The van der Waals surface area contributed by atoms with E-state index in [2.05, 4.69) is 25.5 Å². The molecule has 6 rings (SSSR count). The molecule has 4 heterocycles. The molecule has 1 saturated heterocycles. The third-order valence-corrected chi connectivity index (χ3v) is 7.01. The maximum Gasteiger partial charge on any atom is 0.181 e. The van der Waals surface area contributed by atoms with Crippen molar-refractivity contribution in [3.63, 3.8) is 0 Å². The van der Waals surface area contributed by atoms with Crippen LogP contribution in [0, 0.1) is 11.8 Å². The van der Waals surface area contributed by atoms with Gasteiger partial charge in [-0.05, 0) is 37.2 Å². The summed E-state index contributed by atoms with van der Waals surface area (Å²) in [6.45, 7) is -0.396. The highest BCUT2D eigenvalue weighted by Gasteiger charge is 2.44. The molecule has 11 heteroatoms. The van der Waals surface area contributed by atoms with Crippen LogP contribution in [0.1, 0.15) is 31.9 Å². The molecule has 31 heavy (non-hydrogen) atoms. The van der Waals surface area contributed by atoms with E-state index in [4.69, 9.17) is 9.72 Å². The molecule has 164 valence electrons. The van der Waals surface area contributed by atoms with E-state index < -0.39 is 31.1 Å². The van der Waals surface area contributed by atoms with Gasteiger partial charge in [0.2, 0.25) is 0 Å². The standard InChI is InChI=1S/C20H25N7O4/c28-7-13-15(29)16(30)20(31-13)27-8-21-14-18(23-12-6-9-1-2-10(12)5-9)24-17(25-19(14)27)11-3-4-22-26-11/h3-4,8-10,12-13,15-16,20,28-30H,1-2,5-7H2,(H,22,26)(H,23,24,25)/t9?,10?,12?,13-,15-,16-,20?/m1/s1. The van der Waals surface area contributed by atoms with E-state index in [1.165, 1.54) is 25.6 Å². The van der Waals surface area contributed by atoms with Crippen LogP contribution < -0.4 is 5.32 Å². The first-order chi connectivity index (χ1) is 15.1. The minimum atomic E-state index is -1.22. The Balaban J connectivity index is 1.43. The number of fused-ring (bicyclic) bond motifs is 3. The summed E-state index contributed by atoms with van der Waals surface area (Å²) in [7, 11) is 0. The molecule has 4 unspecified atom stereocenters. The van der Waals surface area contributed by atoms with E-state index in [9.17, 15) is 15.3 Å². The monoisotopic (exact) mass is 427 g/mol. The van der Waals surface area contributed by atoms with E-state index in [0.29, 0.717) is 40.5 Å². The predicted octanol–water partition coefficient (Wildman–Crippen LogP) is 0.428. The van der Waals surface area contributed by atoms with Crippen LogP contribution in [-0.2, 0) is 4.74 Å². The zero-order valence-electron chi connectivity index (χ0n) is 16.8. The number of aromatic nitrogens is 6. The molecule has 0 aromatic carbocycles. The number of hydrogen-bond acceptors (Lipinski definition) is 9. The Morgan fingerprint density at radius 1 is 1.19 bits per heavy atom. The summed E-state index contributed by atoms with van der Waals surface area (Å²) in [5.41, 5.74) is 1.70. The third kappa shape index (κ3) is 3.03. The van der Waals surface area contributed by atoms with Crippen LogP contribution in [0.5, 0.6) is 0 Å². The molecule has 2 bridgehead atoms. The van der Waals surface area contributed by atoms with Crippen molar-refractivity contribution < 1.29 is 20.1 Å². The summed E-state index contributed by atoms with van der Waals surface area (Å²) in [5, 5.41) is 40.6. The normalized spacial score (nSPS) is 34.7. The lowest BCUT2D eigenvalue weighted by Crippen LogP contribution is -2.33. The molecule has 5 N–H and O–H groups in total. The quantitative estimate of drug-likeness (QED) is 0.390. The molecule has 0 amide bonds. The average molecular weight is 427 g/mol. The number of rotatable bonds is 5. The molecule has 0 radical (unpaired) electrons. The fourth-order valence-electron chi connectivity index (χ4n) is 5.41. The van der Waals surface area contributed by atoms with Crippen molar-refractivity contribution in [3.05, 3.63) is 18.6 Å². The molecule has 1 aliphatic heterocycles. The van der Waals surface area contributed by atoms with Crippen molar-refractivity contribution in [2.45, 2.75) is 56.3 Å². The van der Waals surface area contributed by atoms with Crippen LogP contribution in [0.3, 0.4) is 0 Å². The lowest BCUT2D eigenvalue weighted by atomic mass is 9.95. The van der Waals surface area contributed by atoms with Gasteiger partial charge in [-0.15, -0.1) is 0 Å². The van der Waals surface area contributed by atoms with Gasteiger partial charge in [-0.2, -0.15) is 5.10 Å². The minimum absolute atomic E-state index is 0.352. The van der Waals surface area contributed by atoms with Gasteiger partial charge in [0, 0.05) is 12.2 Å². The number of anilines is 1. The molecule has 3 aromatic rings. The number of H-pyrrole nitrogens is 1. The van der Waals surface area contributed by atoms with Crippen LogP contribution >= 0.6 is 0 Å². The topological polar surface area (TPSA) is 154 Å². The van der Waals surface area contributed by atoms with Crippen LogP contribution in [0.4, 0.5) is 5.82 Å². The van der Waals surface area contributed by atoms with Crippen molar-refractivity contribution in [3.8, 4) is 11.5 Å². The summed E-state index contributed by atoms with van der Waals surface area (Å²) in [5.74, 6) is 2.51. The first kappa shape index (κ1) is 19.1. The smallest absolute Gasteiger partial charge is 0.181 e. The van der Waals surface area contributed by atoms with Gasteiger partial charge in [-0.1, -0.05) is 6.42 Å². The van der Waals surface area contributed by atoms with Gasteiger partial charge in [0.25, 0.3) is 0 Å².